The number of likely N-dealkylation sites (tertiary alicyclic amines) is 1. The van der Waals surface area contributed by atoms with Crippen molar-refractivity contribution >= 4 is 36.0 Å². The number of nitrogens with one attached hydrogen (secondary N) is 2. The van der Waals surface area contributed by atoms with Crippen molar-refractivity contribution in [2.45, 2.75) is 58.8 Å². The van der Waals surface area contributed by atoms with Gasteiger partial charge in [-0.1, -0.05) is 30.3 Å². The van der Waals surface area contributed by atoms with E-state index in [-0.39, 0.29) is 36.1 Å². The van der Waals surface area contributed by atoms with Crippen LogP contribution in [-0.2, 0) is 24.9 Å². The quantitative estimate of drug-likeness (QED) is 0.335. The molecule has 9 nitrogen and oxygen atoms in total. The predicted molar refractivity (Wildman–Crippen MR) is 135 cm³/mol. The number of hydrogen-bond acceptors (Lipinski definition) is 5. The Hall–Kier alpha value is -2.37. The molecule has 0 spiro atoms. The summed E-state index contributed by atoms with van der Waals surface area (Å²) in [7, 11) is 1.95. The van der Waals surface area contributed by atoms with E-state index >= 15 is 0 Å². The van der Waals surface area contributed by atoms with Gasteiger partial charge in [-0.25, -0.2) is 9.79 Å². The van der Waals surface area contributed by atoms with Gasteiger partial charge in [-0.3, -0.25) is 0 Å². The Bertz CT molecular complexity index is 909. The summed E-state index contributed by atoms with van der Waals surface area (Å²) in [6.45, 7) is 10.1. The standard InChI is InChI=1S/C22H33N7O2.HI/c1-16-26-27-19(28(16)5)14-24-20(23-13-17-9-7-6-8-10-17)29-12-11-18(15-29)25-21(30)31-22(2,3)4;/h6-10,18H,11-15H2,1-5H3,(H,23,24)(H,25,30);1H. The monoisotopic (exact) mass is 555 g/mol. The van der Waals surface area contributed by atoms with E-state index in [4.69, 9.17) is 9.73 Å². The number of halogens is 1. The summed E-state index contributed by atoms with van der Waals surface area (Å²) in [4.78, 5) is 19.1. The number of alkyl carbamates (subject to hydrolysis) is 1. The van der Waals surface area contributed by atoms with Gasteiger partial charge in [0, 0.05) is 20.1 Å². The van der Waals surface area contributed by atoms with Gasteiger partial charge in [0.2, 0.25) is 0 Å². The number of aromatic nitrogens is 3. The summed E-state index contributed by atoms with van der Waals surface area (Å²) in [5, 5.41) is 14.7. The average Bonchev–Trinajstić information content (AvgIpc) is 3.28. The summed E-state index contributed by atoms with van der Waals surface area (Å²) in [6, 6.07) is 10.1. The molecule has 1 atom stereocenters. The van der Waals surface area contributed by atoms with E-state index in [1.807, 2.05) is 57.5 Å². The van der Waals surface area contributed by atoms with Crippen molar-refractivity contribution in [3.05, 3.63) is 47.5 Å². The fraction of sp³-hybridized carbons (Fsp3) is 0.545. The minimum atomic E-state index is -0.513. The van der Waals surface area contributed by atoms with E-state index in [1.54, 1.807) is 0 Å². The molecule has 1 unspecified atom stereocenters. The van der Waals surface area contributed by atoms with Crippen LogP contribution in [-0.4, -0.2) is 56.4 Å². The second-order valence-corrected chi connectivity index (χ2v) is 8.78. The average molecular weight is 555 g/mol. The molecular weight excluding hydrogens is 521 g/mol. The normalized spacial score (nSPS) is 16.5. The molecule has 2 aromatic rings. The lowest BCUT2D eigenvalue weighted by Gasteiger charge is -2.23. The maximum Gasteiger partial charge on any atom is 0.407 e. The Morgan fingerprint density at radius 3 is 2.59 bits per heavy atom. The highest BCUT2D eigenvalue weighted by Crippen LogP contribution is 2.13. The highest BCUT2D eigenvalue weighted by molar-refractivity contribution is 14.0. The van der Waals surface area contributed by atoms with Crippen molar-refractivity contribution in [2.75, 3.05) is 13.1 Å². The van der Waals surface area contributed by atoms with Gasteiger partial charge in [0.25, 0.3) is 0 Å². The largest absolute Gasteiger partial charge is 0.444 e. The van der Waals surface area contributed by atoms with Gasteiger partial charge in [-0.15, -0.1) is 34.2 Å². The Morgan fingerprint density at radius 2 is 1.97 bits per heavy atom. The number of carbonyl (C=O) groups excluding carboxylic acids is 1. The zero-order valence-electron chi connectivity index (χ0n) is 19.5. The summed E-state index contributed by atoms with van der Waals surface area (Å²) in [5.41, 5.74) is 0.624. The molecule has 1 aromatic heterocycles. The molecule has 1 aliphatic heterocycles. The minimum absolute atomic E-state index is 0. The summed E-state index contributed by atoms with van der Waals surface area (Å²) in [6.07, 6.45) is 0.443. The first kappa shape index (κ1) is 25.9. The van der Waals surface area contributed by atoms with Crippen molar-refractivity contribution < 1.29 is 9.53 Å². The molecule has 2 N–H and O–H groups in total. The molecule has 0 saturated carbocycles. The van der Waals surface area contributed by atoms with Crippen molar-refractivity contribution in [3.63, 3.8) is 0 Å². The second kappa shape index (κ2) is 11.5. The molecule has 176 valence electrons. The summed E-state index contributed by atoms with van der Waals surface area (Å²) < 4.78 is 7.35. The van der Waals surface area contributed by atoms with Gasteiger partial charge in [0.05, 0.1) is 19.1 Å². The highest BCUT2D eigenvalue weighted by Gasteiger charge is 2.28. The Labute approximate surface area is 207 Å². The van der Waals surface area contributed by atoms with Crippen molar-refractivity contribution in [3.8, 4) is 0 Å². The van der Waals surface area contributed by atoms with Crippen LogP contribution in [0.3, 0.4) is 0 Å². The molecule has 10 heteroatoms. The number of hydrogen-bond donors (Lipinski definition) is 2. The van der Waals surface area contributed by atoms with Gasteiger partial charge < -0.3 is 24.8 Å². The van der Waals surface area contributed by atoms with Crippen LogP contribution in [0, 0.1) is 6.92 Å². The molecule has 3 rings (SSSR count). The Kier molecular flexibility index (Phi) is 9.29. The number of guanidine groups is 1. The number of aryl methyl sites for hydroxylation is 1. The molecule has 0 bridgehead atoms. The summed E-state index contributed by atoms with van der Waals surface area (Å²) >= 11 is 0. The highest BCUT2D eigenvalue weighted by atomic mass is 127. The molecule has 32 heavy (non-hydrogen) atoms. The van der Waals surface area contributed by atoms with E-state index in [0.29, 0.717) is 19.6 Å². The van der Waals surface area contributed by atoms with Gasteiger partial charge in [0.1, 0.15) is 11.4 Å². The van der Waals surface area contributed by atoms with Crippen LogP contribution in [0.15, 0.2) is 35.3 Å². The lowest BCUT2D eigenvalue weighted by molar-refractivity contribution is 0.0507. The van der Waals surface area contributed by atoms with Gasteiger partial charge in [0.15, 0.2) is 11.8 Å². The zero-order chi connectivity index (χ0) is 22.4. The van der Waals surface area contributed by atoms with Gasteiger partial charge >= 0.3 is 6.09 Å². The number of nitrogens with zero attached hydrogens (tertiary/aromatic N) is 5. The second-order valence-electron chi connectivity index (χ2n) is 8.78. The van der Waals surface area contributed by atoms with Crippen LogP contribution in [0.25, 0.3) is 0 Å². The van der Waals surface area contributed by atoms with Crippen LogP contribution >= 0.6 is 24.0 Å². The zero-order valence-corrected chi connectivity index (χ0v) is 21.8. The van der Waals surface area contributed by atoms with E-state index in [2.05, 4.69) is 37.9 Å². The predicted octanol–water partition coefficient (Wildman–Crippen LogP) is 2.99. The fourth-order valence-electron chi connectivity index (χ4n) is 3.33. The smallest absolute Gasteiger partial charge is 0.407 e. The van der Waals surface area contributed by atoms with Gasteiger partial charge in [-0.2, -0.15) is 0 Å². The first-order valence-corrected chi connectivity index (χ1v) is 10.6. The Morgan fingerprint density at radius 1 is 1.25 bits per heavy atom. The van der Waals surface area contributed by atoms with E-state index in [9.17, 15) is 4.79 Å². The maximum atomic E-state index is 12.1. The van der Waals surface area contributed by atoms with E-state index < -0.39 is 5.60 Å². The number of ether oxygens (including phenoxy) is 1. The number of aliphatic imine (C=N–C) groups is 1. The SMILES string of the molecule is Cc1nnc(CNC(=NCc2ccccc2)N2CCC(NC(=O)OC(C)(C)C)C2)n1C.I. The molecule has 1 fully saturated rings. The van der Waals surface area contributed by atoms with Crippen LogP contribution in [0.1, 0.15) is 44.4 Å². The third kappa shape index (κ3) is 7.64. The van der Waals surface area contributed by atoms with Crippen molar-refractivity contribution in [1.82, 2.24) is 30.3 Å². The van der Waals surface area contributed by atoms with Gasteiger partial charge in [-0.05, 0) is 39.7 Å². The minimum Gasteiger partial charge on any atom is -0.444 e. The van der Waals surface area contributed by atoms with Crippen molar-refractivity contribution in [2.24, 2.45) is 12.0 Å². The summed E-state index contributed by atoms with van der Waals surface area (Å²) in [5.74, 6) is 2.49. The molecule has 2 heterocycles. The third-order valence-corrected chi connectivity index (χ3v) is 5.05. The fourth-order valence-corrected chi connectivity index (χ4v) is 3.33. The molecule has 1 saturated heterocycles. The topological polar surface area (TPSA) is 96.7 Å². The molecule has 1 amide bonds. The molecule has 0 aliphatic carbocycles. The lowest BCUT2D eigenvalue weighted by Crippen LogP contribution is -2.44. The first-order valence-electron chi connectivity index (χ1n) is 10.6. The first-order chi connectivity index (χ1) is 14.7. The third-order valence-electron chi connectivity index (χ3n) is 5.05. The number of amides is 1. The number of rotatable bonds is 5. The Balaban J connectivity index is 0.00000363. The van der Waals surface area contributed by atoms with Crippen LogP contribution in [0.5, 0.6) is 0 Å². The molecule has 1 aromatic carbocycles. The lowest BCUT2D eigenvalue weighted by atomic mass is 10.2. The van der Waals surface area contributed by atoms with Crippen LogP contribution < -0.4 is 10.6 Å². The molecular formula is C22H34IN7O2. The van der Waals surface area contributed by atoms with Crippen molar-refractivity contribution in [1.29, 1.82) is 0 Å². The number of benzene rings is 1. The number of carbonyl (C=O) groups is 1. The maximum absolute atomic E-state index is 12.1. The van der Waals surface area contributed by atoms with E-state index in [1.165, 1.54) is 0 Å². The molecule has 1 aliphatic rings. The van der Waals surface area contributed by atoms with Crippen LogP contribution in [0.4, 0.5) is 4.79 Å². The van der Waals surface area contributed by atoms with Crippen LogP contribution in [0.2, 0.25) is 0 Å². The molecule has 0 radical (unpaired) electrons. The van der Waals surface area contributed by atoms with E-state index in [0.717, 1.165) is 36.1 Å².